The molecular weight excluding hydrogens is 119 g/mol. The molecule has 0 saturated carbocycles. The third-order valence-electron chi connectivity index (χ3n) is 1.66. The molecule has 0 spiro atoms. The van der Waals surface area contributed by atoms with Crippen LogP contribution in [0.5, 0.6) is 0 Å². The molecule has 10 heavy (non-hydrogen) atoms. The first-order chi connectivity index (χ1) is 4.93. The van der Waals surface area contributed by atoms with Gasteiger partial charge >= 0.3 is 62.7 Å². The van der Waals surface area contributed by atoms with Crippen molar-refractivity contribution in [3.05, 3.63) is 29.6 Å². The Morgan fingerprint density at radius 2 is 2.30 bits per heavy atom. The summed E-state index contributed by atoms with van der Waals surface area (Å²) < 4.78 is 0. The van der Waals surface area contributed by atoms with Crippen LogP contribution in [0.25, 0.3) is 0 Å². The van der Waals surface area contributed by atoms with E-state index in [1.54, 1.807) is 0 Å². The van der Waals surface area contributed by atoms with Crippen LogP contribution < -0.4 is 0 Å². The number of hydrogen-bond acceptors (Lipinski definition) is 0. The van der Waals surface area contributed by atoms with E-state index in [0.717, 1.165) is 0 Å². The van der Waals surface area contributed by atoms with E-state index in [2.05, 4.69) is 38.0 Å². The average molecular weight is 132 g/mol. The van der Waals surface area contributed by atoms with Gasteiger partial charge in [-0.05, 0) is 0 Å². The summed E-state index contributed by atoms with van der Waals surface area (Å²) in [7, 11) is 0. The van der Waals surface area contributed by atoms with Gasteiger partial charge in [0.1, 0.15) is 0 Å². The zero-order valence-electron chi connectivity index (χ0n) is 6.51. The van der Waals surface area contributed by atoms with Gasteiger partial charge in [0.2, 0.25) is 0 Å². The normalized spacial score (nSPS) is 9.30. The van der Waals surface area contributed by atoms with Crippen LogP contribution in [0, 0.1) is 0 Å². The van der Waals surface area contributed by atoms with Crippen molar-refractivity contribution in [1.29, 1.82) is 0 Å². The van der Waals surface area contributed by atoms with Crippen molar-refractivity contribution in [1.82, 2.24) is 0 Å². The fraction of sp³-hybridized carbons (Fsp3) is 0.444. The molecule has 0 fully saturated rings. The van der Waals surface area contributed by atoms with Crippen LogP contribution in [0.3, 0.4) is 0 Å². The van der Waals surface area contributed by atoms with E-state index in [9.17, 15) is 0 Å². The van der Waals surface area contributed by atoms with Gasteiger partial charge in [0.25, 0.3) is 0 Å². The van der Waals surface area contributed by atoms with E-state index in [1.165, 1.54) is 24.7 Å². The molecule has 0 aromatic carbocycles. The van der Waals surface area contributed by atoms with Gasteiger partial charge in [-0.3, -0.25) is 0 Å². The molecule has 1 heterocycles. The van der Waals surface area contributed by atoms with Gasteiger partial charge in [-0.15, -0.1) is 0 Å². The summed E-state index contributed by atoms with van der Waals surface area (Å²) >= 11 is 0. The predicted molar refractivity (Wildman–Crippen MR) is 46.4 cm³/mol. The Morgan fingerprint density at radius 3 is 2.90 bits per heavy atom. The summed E-state index contributed by atoms with van der Waals surface area (Å²) in [5, 5.41) is 0. The SMILES string of the molecule is CCCCc1bcccc1. The van der Waals surface area contributed by atoms with Crippen molar-refractivity contribution in [2.45, 2.75) is 26.2 Å². The van der Waals surface area contributed by atoms with Crippen molar-refractivity contribution in [2.75, 3.05) is 0 Å². The maximum absolute atomic E-state index is 2.23. The minimum absolute atomic E-state index is 1.23. The van der Waals surface area contributed by atoms with E-state index in [4.69, 9.17) is 0 Å². The molecule has 0 unspecified atom stereocenters. The quantitative estimate of drug-likeness (QED) is 0.592. The Kier molecular flexibility index (Phi) is 3.21. The number of hydrogen-bond donors (Lipinski definition) is 0. The van der Waals surface area contributed by atoms with Crippen LogP contribution >= 0.6 is 0 Å². The summed E-state index contributed by atoms with van der Waals surface area (Å²) in [5.74, 6) is 2.10. The van der Waals surface area contributed by atoms with Crippen molar-refractivity contribution in [3.63, 3.8) is 0 Å². The molecule has 1 aromatic rings. The molecule has 52 valence electrons. The monoisotopic (exact) mass is 132 g/mol. The number of rotatable bonds is 3. The van der Waals surface area contributed by atoms with E-state index in [0.29, 0.717) is 0 Å². The second kappa shape index (κ2) is 4.27. The fourth-order valence-electron chi connectivity index (χ4n) is 1.03. The first-order valence-corrected chi connectivity index (χ1v) is 3.97. The Labute approximate surface area is 63.5 Å². The Morgan fingerprint density at radius 1 is 1.40 bits per heavy atom. The van der Waals surface area contributed by atoms with Crippen LogP contribution in [0.4, 0.5) is 0 Å². The summed E-state index contributed by atoms with van der Waals surface area (Å²) in [5.41, 5.74) is 1.46. The first-order valence-electron chi connectivity index (χ1n) is 3.97. The Balaban J connectivity index is 2.43. The van der Waals surface area contributed by atoms with Gasteiger partial charge in [0.15, 0.2) is 0 Å². The molecular formula is C9H13B. The van der Waals surface area contributed by atoms with Crippen LogP contribution in [0.2, 0.25) is 0 Å². The number of aryl methyl sites for hydroxylation is 1. The van der Waals surface area contributed by atoms with Gasteiger partial charge in [0, 0.05) is 0 Å². The summed E-state index contributed by atoms with van der Waals surface area (Å²) in [6, 6.07) is 6.36. The van der Waals surface area contributed by atoms with Gasteiger partial charge in [-0.1, -0.05) is 0 Å². The Bertz CT molecular complexity index is 169. The molecule has 0 aliphatic carbocycles. The zero-order valence-corrected chi connectivity index (χ0v) is 6.51. The van der Waals surface area contributed by atoms with Gasteiger partial charge < -0.3 is 0 Å². The second-order valence-electron chi connectivity index (χ2n) is 2.59. The summed E-state index contributed by atoms with van der Waals surface area (Å²) in [6.07, 6.45) is 3.83. The topological polar surface area (TPSA) is 0 Å². The molecule has 1 aromatic heterocycles. The van der Waals surface area contributed by atoms with Crippen LogP contribution in [-0.4, -0.2) is 6.91 Å². The minimum atomic E-state index is 1.23. The van der Waals surface area contributed by atoms with E-state index < -0.39 is 0 Å². The van der Waals surface area contributed by atoms with Gasteiger partial charge in [-0.25, -0.2) is 0 Å². The molecule has 0 aliphatic heterocycles. The molecule has 1 rings (SSSR count). The number of unbranched alkanes of at least 4 members (excludes halogenated alkanes) is 1. The molecule has 0 nitrogen and oxygen atoms in total. The van der Waals surface area contributed by atoms with Crippen molar-refractivity contribution in [2.24, 2.45) is 0 Å². The summed E-state index contributed by atoms with van der Waals surface area (Å²) in [6.45, 7) is 4.42. The molecule has 0 amide bonds. The molecule has 0 N–H and O–H groups in total. The molecule has 1 heteroatoms. The van der Waals surface area contributed by atoms with Crippen molar-refractivity contribution in [3.8, 4) is 0 Å². The predicted octanol–water partition coefficient (Wildman–Crippen LogP) is 2.37. The van der Waals surface area contributed by atoms with Gasteiger partial charge in [-0.2, -0.15) is 0 Å². The maximum atomic E-state index is 2.23. The molecule has 0 saturated heterocycles. The van der Waals surface area contributed by atoms with E-state index in [1.807, 2.05) is 0 Å². The molecule has 0 aliphatic rings. The third kappa shape index (κ3) is 2.34. The van der Waals surface area contributed by atoms with Crippen LogP contribution in [0.1, 0.15) is 25.2 Å². The van der Waals surface area contributed by atoms with Crippen molar-refractivity contribution >= 4 is 6.91 Å². The summed E-state index contributed by atoms with van der Waals surface area (Å²) in [4.78, 5) is 0. The average Bonchev–Trinajstić information content (AvgIpc) is 2.03. The zero-order chi connectivity index (χ0) is 7.23. The fourth-order valence-corrected chi connectivity index (χ4v) is 1.03. The molecule has 0 atom stereocenters. The Hall–Kier alpha value is -0.585. The van der Waals surface area contributed by atoms with Gasteiger partial charge in [0.05, 0.1) is 0 Å². The van der Waals surface area contributed by atoms with Crippen LogP contribution in [0.15, 0.2) is 24.2 Å². The van der Waals surface area contributed by atoms with Crippen LogP contribution in [-0.2, 0) is 6.42 Å². The molecule has 0 bridgehead atoms. The van der Waals surface area contributed by atoms with E-state index in [-0.39, 0.29) is 0 Å². The molecule has 0 radical (unpaired) electrons. The second-order valence-corrected chi connectivity index (χ2v) is 2.59. The van der Waals surface area contributed by atoms with Crippen molar-refractivity contribution < 1.29 is 0 Å². The third-order valence-corrected chi connectivity index (χ3v) is 1.66. The first kappa shape index (κ1) is 7.52. The van der Waals surface area contributed by atoms with E-state index >= 15 is 0 Å². The standard InChI is InChI=1S/C9H13B/c1-2-3-6-9-7-4-5-8-10-9/h4-5,7-8H,2-3,6H2,1H3.